The highest BCUT2D eigenvalue weighted by Crippen LogP contribution is 2.26. The van der Waals surface area contributed by atoms with Crippen molar-refractivity contribution in [1.82, 2.24) is 0 Å². The van der Waals surface area contributed by atoms with Crippen molar-refractivity contribution in [3.63, 3.8) is 0 Å². The molecule has 16 heavy (non-hydrogen) atoms. The van der Waals surface area contributed by atoms with E-state index in [9.17, 15) is 9.59 Å². The quantitative estimate of drug-likeness (QED) is 0.417. The third-order valence-corrected chi connectivity index (χ3v) is 1.83. The van der Waals surface area contributed by atoms with E-state index >= 15 is 0 Å². The van der Waals surface area contributed by atoms with Gasteiger partial charge in [0.2, 0.25) is 0 Å². The molecule has 0 spiro atoms. The zero-order valence-corrected chi connectivity index (χ0v) is 9.82. The normalized spacial score (nSPS) is 12.4. The molecule has 0 aromatic heterocycles. The maximum Gasteiger partial charge on any atom is 0.334 e. The fourth-order valence-corrected chi connectivity index (χ4v) is 1.01. The van der Waals surface area contributed by atoms with E-state index in [0.29, 0.717) is 6.42 Å². The first-order chi connectivity index (χ1) is 7.29. The van der Waals surface area contributed by atoms with Gasteiger partial charge < -0.3 is 14.9 Å². The minimum Gasteiger partial charge on any atom is -0.478 e. The Labute approximate surface area is 94.7 Å². The molecular weight excluding hydrogens is 212 g/mol. The Hall–Kier alpha value is -1.36. The number of hydrogen-bond acceptors (Lipinski definition) is 4. The number of carbonyl (C=O) groups is 2. The predicted octanol–water partition coefficient (Wildman–Crippen LogP) is 0.969. The molecule has 0 aromatic carbocycles. The number of carboxylic acids is 1. The van der Waals surface area contributed by atoms with Crippen molar-refractivity contribution in [2.24, 2.45) is 5.41 Å². The van der Waals surface area contributed by atoms with Crippen LogP contribution in [0.25, 0.3) is 0 Å². The molecule has 0 aromatic rings. The zero-order valence-electron chi connectivity index (χ0n) is 9.82. The Morgan fingerprint density at radius 3 is 2.25 bits per heavy atom. The standard InChI is InChI=1S/C11H18O5/c1-11(2,3)8(7-9(13)14)10(15)16-6-4-5-12/h7,12H,4-6H2,1-3H3,(H,13,14). The van der Waals surface area contributed by atoms with Gasteiger partial charge >= 0.3 is 11.9 Å². The first-order valence-electron chi connectivity index (χ1n) is 5.02. The maximum atomic E-state index is 11.6. The van der Waals surface area contributed by atoms with Crippen LogP contribution in [0, 0.1) is 5.41 Å². The Morgan fingerprint density at radius 1 is 1.31 bits per heavy atom. The van der Waals surface area contributed by atoms with E-state index in [0.717, 1.165) is 6.08 Å². The number of hydrogen-bond donors (Lipinski definition) is 2. The molecule has 0 radical (unpaired) electrons. The van der Waals surface area contributed by atoms with E-state index in [1.165, 1.54) is 0 Å². The highest BCUT2D eigenvalue weighted by molar-refractivity contribution is 5.96. The number of aliphatic carboxylic acids is 1. The topological polar surface area (TPSA) is 83.8 Å². The fourth-order valence-electron chi connectivity index (χ4n) is 1.01. The lowest BCUT2D eigenvalue weighted by molar-refractivity contribution is -0.141. The first-order valence-corrected chi connectivity index (χ1v) is 5.02. The van der Waals surface area contributed by atoms with Crippen LogP contribution < -0.4 is 0 Å². The largest absolute Gasteiger partial charge is 0.478 e. The van der Waals surface area contributed by atoms with Crippen LogP contribution in [0.2, 0.25) is 0 Å². The Balaban J connectivity index is 4.66. The molecule has 0 fully saturated rings. The molecule has 0 rings (SSSR count). The van der Waals surface area contributed by atoms with Crippen LogP contribution in [0.3, 0.4) is 0 Å². The molecule has 0 amide bonds. The molecule has 0 aliphatic rings. The summed E-state index contributed by atoms with van der Waals surface area (Å²) in [5.41, 5.74) is -0.479. The minimum atomic E-state index is -1.18. The Kier molecular flexibility index (Phi) is 5.74. The number of aliphatic hydroxyl groups excluding tert-OH is 1. The first kappa shape index (κ1) is 14.6. The Bertz CT molecular complexity index is 285. The van der Waals surface area contributed by atoms with E-state index in [1.54, 1.807) is 20.8 Å². The molecule has 0 aliphatic heterocycles. The van der Waals surface area contributed by atoms with Crippen molar-refractivity contribution in [3.8, 4) is 0 Å². The van der Waals surface area contributed by atoms with Crippen molar-refractivity contribution >= 4 is 11.9 Å². The van der Waals surface area contributed by atoms with Gasteiger partial charge in [0.1, 0.15) is 0 Å². The van der Waals surface area contributed by atoms with E-state index < -0.39 is 17.4 Å². The number of carboxylic acid groups (broad SMARTS) is 1. The molecule has 0 atom stereocenters. The summed E-state index contributed by atoms with van der Waals surface area (Å²) in [7, 11) is 0. The van der Waals surface area contributed by atoms with Gasteiger partial charge in [-0.15, -0.1) is 0 Å². The van der Waals surface area contributed by atoms with Gasteiger partial charge in [0.25, 0.3) is 0 Å². The maximum absolute atomic E-state index is 11.6. The van der Waals surface area contributed by atoms with E-state index in [1.807, 2.05) is 0 Å². The predicted molar refractivity (Wildman–Crippen MR) is 57.8 cm³/mol. The molecule has 0 bridgehead atoms. The van der Waals surface area contributed by atoms with Crippen molar-refractivity contribution in [3.05, 3.63) is 11.6 Å². The van der Waals surface area contributed by atoms with Crippen LogP contribution in [-0.2, 0) is 14.3 Å². The monoisotopic (exact) mass is 230 g/mol. The molecule has 92 valence electrons. The minimum absolute atomic E-state index is 0.0687. The summed E-state index contributed by atoms with van der Waals surface area (Å²) < 4.78 is 4.84. The Morgan fingerprint density at radius 2 is 1.88 bits per heavy atom. The summed E-state index contributed by atoms with van der Waals surface area (Å²) in [6.45, 7) is 5.21. The van der Waals surface area contributed by atoms with Gasteiger partial charge in [-0.05, 0) is 5.41 Å². The molecule has 0 aliphatic carbocycles. The number of ether oxygens (including phenoxy) is 1. The summed E-state index contributed by atoms with van der Waals surface area (Å²) in [5.74, 6) is -1.83. The average Bonchev–Trinajstić information content (AvgIpc) is 2.12. The lowest BCUT2D eigenvalue weighted by Crippen LogP contribution is -2.22. The van der Waals surface area contributed by atoms with Crippen LogP contribution >= 0.6 is 0 Å². The lowest BCUT2D eigenvalue weighted by atomic mass is 9.86. The van der Waals surface area contributed by atoms with Gasteiger partial charge in [-0.1, -0.05) is 20.8 Å². The second-order valence-electron chi connectivity index (χ2n) is 4.36. The number of aliphatic hydroxyl groups is 1. The summed E-state index contributed by atoms with van der Waals surface area (Å²) in [6.07, 6.45) is 1.21. The molecule has 2 N–H and O–H groups in total. The van der Waals surface area contributed by atoms with Gasteiger partial charge in [0.05, 0.1) is 6.61 Å². The highest BCUT2D eigenvalue weighted by Gasteiger charge is 2.26. The number of carbonyl (C=O) groups excluding carboxylic acids is 1. The van der Waals surface area contributed by atoms with Gasteiger partial charge in [-0.2, -0.15) is 0 Å². The van der Waals surface area contributed by atoms with Gasteiger partial charge in [-0.3, -0.25) is 0 Å². The van der Waals surface area contributed by atoms with E-state index in [4.69, 9.17) is 14.9 Å². The van der Waals surface area contributed by atoms with Crippen molar-refractivity contribution in [2.45, 2.75) is 27.2 Å². The van der Waals surface area contributed by atoms with Gasteiger partial charge in [0, 0.05) is 24.7 Å². The van der Waals surface area contributed by atoms with Gasteiger partial charge in [-0.25, -0.2) is 9.59 Å². The second kappa shape index (κ2) is 6.27. The molecule has 0 heterocycles. The van der Waals surface area contributed by atoms with Crippen LogP contribution in [-0.4, -0.2) is 35.4 Å². The van der Waals surface area contributed by atoms with Crippen LogP contribution in [0.1, 0.15) is 27.2 Å². The molecule has 0 saturated heterocycles. The van der Waals surface area contributed by atoms with Crippen LogP contribution in [0.15, 0.2) is 11.6 Å². The summed E-state index contributed by atoms with van der Waals surface area (Å²) in [4.78, 5) is 22.1. The fraction of sp³-hybridized carbons (Fsp3) is 0.636. The molecule has 5 nitrogen and oxygen atoms in total. The second-order valence-corrected chi connectivity index (χ2v) is 4.36. The van der Waals surface area contributed by atoms with Crippen molar-refractivity contribution < 1.29 is 24.5 Å². The smallest absolute Gasteiger partial charge is 0.334 e. The van der Waals surface area contributed by atoms with Crippen molar-refractivity contribution in [2.75, 3.05) is 13.2 Å². The molecular formula is C11H18O5. The van der Waals surface area contributed by atoms with Crippen LogP contribution in [0.5, 0.6) is 0 Å². The van der Waals surface area contributed by atoms with Crippen molar-refractivity contribution in [1.29, 1.82) is 0 Å². The zero-order chi connectivity index (χ0) is 12.8. The lowest BCUT2D eigenvalue weighted by Gasteiger charge is -2.20. The third-order valence-electron chi connectivity index (χ3n) is 1.83. The summed E-state index contributed by atoms with van der Waals surface area (Å²) in [6, 6.07) is 0. The molecule has 0 saturated carbocycles. The number of rotatable bonds is 5. The van der Waals surface area contributed by atoms with Gasteiger partial charge in [0.15, 0.2) is 0 Å². The average molecular weight is 230 g/mol. The third kappa shape index (κ3) is 5.50. The SMILES string of the molecule is CC(C)(C)C(=CC(=O)O)C(=O)OCCCO. The molecule has 5 heteroatoms. The number of esters is 1. The molecule has 0 unspecified atom stereocenters. The van der Waals surface area contributed by atoms with Crippen LogP contribution in [0.4, 0.5) is 0 Å². The summed E-state index contributed by atoms with van der Waals surface area (Å²) >= 11 is 0. The summed E-state index contributed by atoms with van der Waals surface area (Å²) in [5, 5.41) is 17.2. The van der Waals surface area contributed by atoms with E-state index in [2.05, 4.69) is 0 Å². The van der Waals surface area contributed by atoms with E-state index in [-0.39, 0.29) is 18.8 Å². The highest BCUT2D eigenvalue weighted by atomic mass is 16.5.